The van der Waals surface area contributed by atoms with Crippen molar-refractivity contribution in [3.05, 3.63) is 52.3 Å². The molecule has 21 heavy (non-hydrogen) atoms. The zero-order chi connectivity index (χ0) is 15.4. The van der Waals surface area contributed by atoms with Crippen LogP contribution in [-0.2, 0) is 4.79 Å². The van der Waals surface area contributed by atoms with Gasteiger partial charge in [-0.2, -0.15) is 0 Å². The predicted octanol–water partition coefficient (Wildman–Crippen LogP) is 3.73. The fraction of sp³-hybridized carbons (Fsp3) is 0.0714. The van der Waals surface area contributed by atoms with Gasteiger partial charge in [-0.05, 0) is 30.3 Å². The molecule has 0 fully saturated rings. The fourth-order valence-electron chi connectivity index (χ4n) is 1.55. The second-order valence-corrected chi connectivity index (χ2v) is 4.99. The van der Waals surface area contributed by atoms with Crippen LogP contribution in [0.5, 0.6) is 5.75 Å². The molecule has 0 atom stereocenters. The minimum atomic E-state index is -0.502. The van der Waals surface area contributed by atoms with E-state index in [4.69, 9.17) is 33.7 Å². The van der Waals surface area contributed by atoms with E-state index in [1.165, 1.54) is 18.2 Å². The Bertz CT molecular complexity index is 680. The molecule has 2 aromatic rings. The normalized spacial score (nSPS) is 10.2. The molecule has 0 aliphatic carbocycles. The molecule has 0 aliphatic heterocycles. The summed E-state index contributed by atoms with van der Waals surface area (Å²) in [6.45, 7) is -0.310. The molecular weight excluding hydrogens is 318 g/mol. The highest BCUT2D eigenvalue weighted by Gasteiger charge is 2.09. The first-order chi connectivity index (χ1) is 9.95. The second kappa shape index (κ2) is 6.65. The molecule has 0 radical (unpaired) electrons. The van der Waals surface area contributed by atoms with Gasteiger partial charge in [0.15, 0.2) is 6.61 Å². The van der Waals surface area contributed by atoms with Gasteiger partial charge in [0.05, 0.1) is 16.4 Å². The third kappa shape index (κ3) is 4.24. The lowest BCUT2D eigenvalue weighted by atomic mass is 10.2. The first kappa shape index (κ1) is 15.4. The van der Waals surface area contributed by atoms with Gasteiger partial charge in [0.2, 0.25) is 0 Å². The average Bonchev–Trinajstić information content (AvgIpc) is 2.44. The summed E-state index contributed by atoms with van der Waals surface area (Å²) in [5, 5.41) is 3.22. The number of nitrogen functional groups attached to an aromatic ring is 1. The van der Waals surface area contributed by atoms with E-state index in [0.29, 0.717) is 10.0 Å². The zero-order valence-electron chi connectivity index (χ0n) is 10.7. The fourth-order valence-corrected chi connectivity index (χ4v) is 1.89. The summed E-state index contributed by atoms with van der Waals surface area (Å²) in [5.41, 5.74) is 6.06. The van der Waals surface area contributed by atoms with E-state index in [1.54, 1.807) is 12.1 Å². The monoisotopic (exact) mass is 328 g/mol. The van der Waals surface area contributed by atoms with Gasteiger partial charge < -0.3 is 15.8 Å². The van der Waals surface area contributed by atoms with Gasteiger partial charge >= 0.3 is 0 Å². The Labute approximate surface area is 130 Å². The molecule has 110 valence electrons. The number of carbonyl (C=O) groups is 1. The number of hydrogen-bond donors (Lipinski definition) is 2. The molecular formula is C14H11Cl2FN2O2. The van der Waals surface area contributed by atoms with Crippen LogP contribution in [0, 0.1) is 5.82 Å². The molecule has 1 amide bonds. The quantitative estimate of drug-likeness (QED) is 0.840. The number of hydrogen-bond acceptors (Lipinski definition) is 3. The number of anilines is 2. The summed E-state index contributed by atoms with van der Waals surface area (Å²) in [6, 6.07) is 8.34. The van der Waals surface area contributed by atoms with E-state index in [9.17, 15) is 9.18 Å². The van der Waals surface area contributed by atoms with E-state index in [1.807, 2.05) is 0 Å². The molecule has 0 saturated heterocycles. The number of nitrogens with one attached hydrogen (secondary N) is 1. The highest BCUT2D eigenvalue weighted by molar-refractivity contribution is 6.34. The van der Waals surface area contributed by atoms with Gasteiger partial charge in [-0.25, -0.2) is 4.39 Å². The van der Waals surface area contributed by atoms with Crippen LogP contribution in [0.25, 0.3) is 0 Å². The first-order valence-electron chi connectivity index (χ1n) is 5.88. The van der Waals surface area contributed by atoms with E-state index in [2.05, 4.69) is 5.32 Å². The van der Waals surface area contributed by atoms with Crippen LogP contribution in [0.2, 0.25) is 10.0 Å². The lowest BCUT2D eigenvalue weighted by Crippen LogP contribution is -2.21. The average molecular weight is 329 g/mol. The number of amides is 1. The molecule has 0 unspecified atom stereocenters. The molecule has 0 bridgehead atoms. The smallest absolute Gasteiger partial charge is 0.262 e. The molecule has 2 rings (SSSR count). The third-order valence-electron chi connectivity index (χ3n) is 2.54. The predicted molar refractivity (Wildman–Crippen MR) is 81.4 cm³/mol. The number of rotatable bonds is 4. The van der Waals surface area contributed by atoms with Crippen LogP contribution in [0.15, 0.2) is 36.4 Å². The molecule has 0 aromatic heterocycles. The van der Waals surface area contributed by atoms with E-state index in [-0.39, 0.29) is 23.7 Å². The molecule has 4 nitrogen and oxygen atoms in total. The molecule has 0 spiro atoms. The summed E-state index contributed by atoms with van der Waals surface area (Å²) in [7, 11) is 0. The van der Waals surface area contributed by atoms with Crippen LogP contribution in [0.4, 0.5) is 15.8 Å². The molecule has 0 aliphatic rings. The van der Waals surface area contributed by atoms with Crippen molar-refractivity contribution in [3.8, 4) is 5.75 Å². The highest BCUT2D eigenvalue weighted by atomic mass is 35.5. The van der Waals surface area contributed by atoms with Gasteiger partial charge in [-0.15, -0.1) is 0 Å². The van der Waals surface area contributed by atoms with Gasteiger partial charge in [0.1, 0.15) is 11.6 Å². The van der Waals surface area contributed by atoms with E-state index >= 15 is 0 Å². The van der Waals surface area contributed by atoms with Crippen molar-refractivity contribution < 1.29 is 13.9 Å². The van der Waals surface area contributed by atoms with Crippen molar-refractivity contribution in [1.82, 2.24) is 0 Å². The van der Waals surface area contributed by atoms with Crippen molar-refractivity contribution in [2.45, 2.75) is 0 Å². The SMILES string of the molecule is Nc1ccc(F)cc1NC(=O)COc1cc(Cl)ccc1Cl. The Hall–Kier alpha value is -1.98. The number of ether oxygens (including phenoxy) is 1. The van der Waals surface area contributed by atoms with E-state index in [0.717, 1.165) is 6.07 Å². The maximum atomic E-state index is 13.1. The molecule has 0 heterocycles. The van der Waals surface area contributed by atoms with Crippen LogP contribution in [0.3, 0.4) is 0 Å². The standard InChI is InChI=1S/C14H11Cl2FN2O2/c15-8-1-3-10(16)13(5-8)21-7-14(20)19-12-6-9(17)2-4-11(12)18/h1-6H,7,18H2,(H,19,20). The maximum absolute atomic E-state index is 13.1. The summed E-state index contributed by atoms with van der Waals surface area (Å²) in [6.07, 6.45) is 0. The van der Waals surface area contributed by atoms with Crippen molar-refractivity contribution in [1.29, 1.82) is 0 Å². The van der Waals surface area contributed by atoms with Crippen molar-refractivity contribution in [2.75, 3.05) is 17.7 Å². The topological polar surface area (TPSA) is 64.3 Å². The number of benzene rings is 2. The summed E-state index contributed by atoms with van der Waals surface area (Å²) >= 11 is 11.7. The largest absolute Gasteiger partial charge is 0.482 e. The maximum Gasteiger partial charge on any atom is 0.262 e. The summed E-state index contributed by atoms with van der Waals surface area (Å²) < 4.78 is 18.3. The number of carbonyl (C=O) groups excluding carboxylic acids is 1. The van der Waals surface area contributed by atoms with Crippen LogP contribution in [-0.4, -0.2) is 12.5 Å². The number of nitrogens with two attached hydrogens (primary N) is 1. The minimum Gasteiger partial charge on any atom is -0.482 e. The van der Waals surface area contributed by atoms with Crippen LogP contribution in [0.1, 0.15) is 0 Å². The van der Waals surface area contributed by atoms with Crippen molar-refractivity contribution >= 4 is 40.5 Å². The lowest BCUT2D eigenvalue weighted by molar-refractivity contribution is -0.118. The van der Waals surface area contributed by atoms with Gasteiger partial charge in [-0.3, -0.25) is 4.79 Å². The van der Waals surface area contributed by atoms with Gasteiger partial charge in [0.25, 0.3) is 5.91 Å². The zero-order valence-corrected chi connectivity index (χ0v) is 12.2. The van der Waals surface area contributed by atoms with E-state index < -0.39 is 11.7 Å². The van der Waals surface area contributed by atoms with Crippen LogP contribution < -0.4 is 15.8 Å². The first-order valence-corrected chi connectivity index (χ1v) is 6.64. The Morgan fingerprint density at radius 3 is 2.76 bits per heavy atom. The minimum absolute atomic E-state index is 0.181. The highest BCUT2D eigenvalue weighted by Crippen LogP contribution is 2.27. The molecule has 0 saturated carbocycles. The Morgan fingerprint density at radius 2 is 2.00 bits per heavy atom. The molecule has 2 aromatic carbocycles. The summed E-state index contributed by atoms with van der Waals surface area (Å²) in [4.78, 5) is 11.8. The van der Waals surface area contributed by atoms with Crippen molar-refractivity contribution in [2.24, 2.45) is 0 Å². The van der Waals surface area contributed by atoms with Crippen LogP contribution >= 0.6 is 23.2 Å². The molecule has 7 heteroatoms. The lowest BCUT2D eigenvalue weighted by Gasteiger charge is -2.10. The van der Waals surface area contributed by atoms with Crippen molar-refractivity contribution in [3.63, 3.8) is 0 Å². The second-order valence-electron chi connectivity index (χ2n) is 4.14. The Balaban J connectivity index is 1.99. The Kier molecular flexibility index (Phi) is 4.88. The number of halogens is 3. The van der Waals surface area contributed by atoms with Gasteiger partial charge in [-0.1, -0.05) is 23.2 Å². The third-order valence-corrected chi connectivity index (χ3v) is 3.09. The summed E-state index contributed by atoms with van der Waals surface area (Å²) in [5.74, 6) is -0.715. The van der Waals surface area contributed by atoms with Gasteiger partial charge in [0, 0.05) is 11.1 Å². The Morgan fingerprint density at radius 1 is 1.24 bits per heavy atom. The molecule has 3 N–H and O–H groups in total.